The largest absolute Gasteiger partial charge is 0.454 e. The van der Waals surface area contributed by atoms with E-state index >= 15 is 0 Å². The molecule has 0 atom stereocenters. The van der Waals surface area contributed by atoms with Crippen molar-refractivity contribution in [3.63, 3.8) is 0 Å². The second-order valence-corrected chi connectivity index (χ2v) is 3.31. The summed E-state index contributed by atoms with van der Waals surface area (Å²) in [6.45, 7) is 0.510. The summed E-state index contributed by atoms with van der Waals surface area (Å²) in [5.41, 5.74) is 0.766. The van der Waals surface area contributed by atoms with Crippen LogP contribution < -0.4 is 14.2 Å². The SMILES string of the molecule is O=COc1cc(-c2ccc3c(c2)OCO3)on1. The molecule has 0 amide bonds. The third-order valence-electron chi connectivity index (χ3n) is 2.31. The molecule has 0 N–H and O–H groups in total. The van der Waals surface area contributed by atoms with Crippen LogP contribution in [0.3, 0.4) is 0 Å². The highest BCUT2D eigenvalue weighted by atomic mass is 16.7. The summed E-state index contributed by atoms with van der Waals surface area (Å²) in [6, 6.07) is 6.87. The number of benzene rings is 1. The van der Waals surface area contributed by atoms with Gasteiger partial charge >= 0.3 is 0 Å². The van der Waals surface area contributed by atoms with Gasteiger partial charge in [0.05, 0.1) is 6.07 Å². The zero-order valence-electron chi connectivity index (χ0n) is 8.58. The van der Waals surface area contributed by atoms with Gasteiger partial charge in [0.2, 0.25) is 6.79 Å². The maximum absolute atomic E-state index is 10.1. The molecule has 1 aromatic carbocycles. The van der Waals surface area contributed by atoms with E-state index in [4.69, 9.17) is 14.0 Å². The van der Waals surface area contributed by atoms with Gasteiger partial charge in [0.25, 0.3) is 12.4 Å². The van der Waals surface area contributed by atoms with Gasteiger partial charge in [-0.1, -0.05) is 0 Å². The normalized spacial score (nSPS) is 12.5. The molecule has 1 aliphatic rings. The average Bonchev–Trinajstić information content (AvgIpc) is 2.96. The summed E-state index contributed by atoms with van der Waals surface area (Å²) >= 11 is 0. The van der Waals surface area contributed by atoms with Crippen LogP contribution >= 0.6 is 0 Å². The summed E-state index contributed by atoms with van der Waals surface area (Å²) in [5, 5.41) is 3.58. The molecule has 0 saturated heterocycles. The lowest BCUT2D eigenvalue weighted by atomic mass is 10.1. The zero-order valence-corrected chi connectivity index (χ0v) is 8.58. The molecule has 0 bridgehead atoms. The van der Waals surface area contributed by atoms with Gasteiger partial charge in [-0.05, 0) is 23.4 Å². The van der Waals surface area contributed by atoms with E-state index < -0.39 is 0 Å². The second-order valence-electron chi connectivity index (χ2n) is 3.31. The quantitative estimate of drug-likeness (QED) is 0.750. The van der Waals surface area contributed by atoms with E-state index in [-0.39, 0.29) is 12.7 Å². The number of hydrogen-bond donors (Lipinski definition) is 0. The van der Waals surface area contributed by atoms with Gasteiger partial charge in [-0.25, -0.2) is 0 Å². The number of nitrogens with zero attached hydrogens (tertiary/aromatic N) is 1. The fourth-order valence-electron chi connectivity index (χ4n) is 1.55. The van der Waals surface area contributed by atoms with Gasteiger partial charge in [-0.3, -0.25) is 4.79 Å². The molecule has 0 unspecified atom stereocenters. The standard InChI is InChI=1S/C11H7NO5/c13-5-14-11-4-9(17-12-11)7-1-2-8-10(3-7)16-6-15-8/h1-5H,6H2. The number of carbonyl (C=O) groups is 1. The first-order chi connectivity index (χ1) is 8.36. The van der Waals surface area contributed by atoms with Crippen LogP contribution in [0, 0.1) is 0 Å². The van der Waals surface area contributed by atoms with Crippen LogP contribution in [0.5, 0.6) is 17.4 Å². The van der Waals surface area contributed by atoms with E-state index in [0.29, 0.717) is 23.7 Å². The predicted octanol–water partition coefficient (Wildman–Crippen LogP) is 1.61. The molecule has 0 spiro atoms. The highest BCUT2D eigenvalue weighted by molar-refractivity contribution is 5.64. The number of carbonyl (C=O) groups excluding carboxylic acids is 1. The lowest BCUT2D eigenvalue weighted by molar-refractivity contribution is -0.121. The molecule has 17 heavy (non-hydrogen) atoms. The number of ether oxygens (including phenoxy) is 3. The van der Waals surface area contributed by atoms with E-state index in [1.54, 1.807) is 18.2 Å². The van der Waals surface area contributed by atoms with Crippen molar-refractivity contribution in [1.82, 2.24) is 5.16 Å². The third kappa shape index (κ3) is 1.69. The summed E-state index contributed by atoms with van der Waals surface area (Å²) in [4.78, 5) is 10.1. The molecule has 3 rings (SSSR count). The zero-order chi connectivity index (χ0) is 11.7. The van der Waals surface area contributed by atoms with Gasteiger partial charge in [0.15, 0.2) is 17.3 Å². The fourth-order valence-corrected chi connectivity index (χ4v) is 1.55. The molecule has 0 aliphatic carbocycles. The van der Waals surface area contributed by atoms with Crippen molar-refractivity contribution < 1.29 is 23.5 Å². The highest BCUT2D eigenvalue weighted by Gasteiger charge is 2.16. The maximum Gasteiger partial charge on any atom is 0.299 e. The molecule has 0 radical (unpaired) electrons. The number of fused-ring (bicyclic) bond motifs is 1. The molecular weight excluding hydrogens is 226 g/mol. The molecule has 2 aromatic rings. The van der Waals surface area contributed by atoms with Crippen molar-refractivity contribution in [2.75, 3.05) is 6.79 Å². The van der Waals surface area contributed by atoms with Crippen LogP contribution in [0.2, 0.25) is 0 Å². The van der Waals surface area contributed by atoms with E-state index in [9.17, 15) is 4.79 Å². The molecule has 1 aromatic heterocycles. The molecule has 6 nitrogen and oxygen atoms in total. The van der Waals surface area contributed by atoms with Crippen LogP contribution in [0.4, 0.5) is 0 Å². The summed E-state index contributed by atoms with van der Waals surface area (Å²) in [6.07, 6.45) is 0. The van der Waals surface area contributed by atoms with Gasteiger partial charge in [0.1, 0.15) is 0 Å². The van der Waals surface area contributed by atoms with E-state index in [0.717, 1.165) is 5.56 Å². The van der Waals surface area contributed by atoms with Crippen molar-refractivity contribution in [1.29, 1.82) is 0 Å². The molecule has 1 aliphatic heterocycles. The number of hydrogen-bond acceptors (Lipinski definition) is 6. The van der Waals surface area contributed by atoms with Crippen molar-refractivity contribution in [3.8, 4) is 28.7 Å². The summed E-state index contributed by atoms with van der Waals surface area (Å²) in [5.74, 6) is 1.95. The Labute approximate surface area is 95.7 Å². The van der Waals surface area contributed by atoms with Crippen molar-refractivity contribution >= 4 is 6.47 Å². The Bertz CT molecular complexity index is 563. The van der Waals surface area contributed by atoms with Gasteiger partial charge < -0.3 is 18.7 Å². The molecule has 0 saturated carbocycles. The lowest BCUT2D eigenvalue weighted by Gasteiger charge is -1.97. The Morgan fingerprint density at radius 3 is 3.00 bits per heavy atom. The Balaban J connectivity index is 1.94. The molecule has 6 heteroatoms. The molecule has 2 heterocycles. The smallest absolute Gasteiger partial charge is 0.299 e. The Morgan fingerprint density at radius 1 is 1.24 bits per heavy atom. The average molecular weight is 233 g/mol. The lowest BCUT2D eigenvalue weighted by Crippen LogP contribution is -1.92. The van der Waals surface area contributed by atoms with Crippen LogP contribution in [0.15, 0.2) is 28.8 Å². The first kappa shape index (κ1) is 9.71. The first-order valence-corrected chi connectivity index (χ1v) is 4.84. The Hall–Kier alpha value is -2.50. The minimum absolute atomic E-state index is 0.118. The fraction of sp³-hybridized carbons (Fsp3) is 0.0909. The maximum atomic E-state index is 10.1. The van der Waals surface area contributed by atoms with E-state index in [1.807, 2.05) is 0 Å². The van der Waals surface area contributed by atoms with Crippen LogP contribution in [0.1, 0.15) is 0 Å². The minimum atomic E-state index is 0.118. The van der Waals surface area contributed by atoms with Gasteiger partial charge in [0, 0.05) is 5.56 Å². The minimum Gasteiger partial charge on any atom is -0.454 e. The monoisotopic (exact) mass is 233 g/mol. The second kappa shape index (κ2) is 3.82. The topological polar surface area (TPSA) is 70.8 Å². The number of aromatic nitrogens is 1. The Kier molecular flexibility index (Phi) is 2.18. The van der Waals surface area contributed by atoms with Gasteiger partial charge in [-0.2, -0.15) is 0 Å². The highest BCUT2D eigenvalue weighted by Crippen LogP contribution is 2.36. The molecular formula is C11H7NO5. The first-order valence-electron chi connectivity index (χ1n) is 4.84. The predicted molar refractivity (Wildman–Crippen MR) is 54.8 cm³/mol. The Morgan fingerprint density at radius 2 is 2.12 bits per heavy atom. The van der Waals surface area contributed by atoms with Crippen LogP contribution in [-0.2, 0) is 4.79 Å². The van der Waals surface area contributed by atoms with Crippen molar-refractivity contribution in [2.45, 2.75) is 0 Å². The van der Waals surface area contributed by atoms with E-state index in [1.165, 1.54) is 6.07 Å². The van der Waals surface area contributed by atoms with Gasteiger partial charge in [-0.15, -0.1) is 0 Å². The van der Waals surface area contributed by atoms with Crippen molar-refractivity contribution in [2.24, 2.45) is 0 Å². The molecule has 0 fully saturated rings. The summed E-state index contributed by atoms with van der Waals surface area (Å²) < 4.78 is 20.0. The summed E-state index contributed by atoms with van der Waals surface area (Å²) in [7, 11) is 0. The van der Waals surface area contributed by atoms with Crippen LogP contribution in [-0.4, -0.2) is 18.4 Å². The molecule has 86 valence electrons. The van der Waals surface area contributed by atoms with Crippen molar-refractivity contribution in [3.05, 3.63) is 24.3 Å². The third-order valence-corrected chi connectivity index (χ3v) is 2.31. The number of rotatable bonds is 3. The van der Waals surface area contributed by atoms with Crippen LogP contribution in [0.25, 0.3) is 11.3 Å². The van der Waals surface area contributed by atoms with E-state index in [2.05, 4.69) is 9.89 Å².